The second-order valence-corrected chi connectivity index (χ2v) is 8.55. The summed E-state index contributed by atoms with van der Waals surface area (Å²) in [6.45, 7) is 1.58. The van der Waals surface area contributed by atoms with Crippen molar-refractivity contribution in [3.8, 4) is 10.4 Å². The number of hydrogen-bond acceptors (Lipinski definition) is 4. The van der Waals surface area contributed by atoms with Crippen LogP contribution in [0.1, 0.15) is 10.4 Å². The predicted molar refractivity (Wildman–Crippen MR) is 123 cm³/mol. The second-order valence-electron chi connectivity index (χ2n) is 7.00. The van der Waals surface area contributed by atoms with Gasteiger partial charge in [0.05, 0.1) is 0 Å². The van der Waals surface area contributed by atoms with E-state index in [1.165, 1.54) is 11.3 Å². The number of rotatable bonds is 5. The van der Waals surface area contributed by atoms with Crippen LogP contribution in [-0.4, -0.2) is 29.3 Å². The minimum Gasteiger partial charge on any atom is -0.325 e. The molecule has 1 aliphatic heterocycles. The standard InChI is InChI=1S/C23H18ClN3O3S/c1-14-2-8-17(9-3-14)25-21(28)13-27-22(29)19(26-23(27)30)12-18-10-11-20(31-18)15-4-6-16(24)7-5-15/h2-12H,13H2,1H3,(H,25,28)(H,26,30). The van der Waals surface area contributed by atoms with Gasteiger partial charge in [0.1, 0.15) is 12.2 Å². The van der Waals surface area contributed by atoms with Crippen LogP contribution in [0.3, 0.4) is 0 Å². The first-order valence-corrected chi connectivity index (χ1v) is 10.7. The van der Waals surface area contributed by atoms with Gasteiger partial charge in [-0.2, -0.15) is 0 Å². The van der Waals surface area contributed by atoms with Crippen LogP contribution < -0.4 is 10.6 Å². The molecule has 1 saturated heterocycles. The number of thiophene rings is 1. The average Bonchev–Trinajstić information content (AvgIpc) is 3.31. The lowest BCUT2D eigenvalue weighted by Gasteiger charge is -2.12. The van der Waals surface area contributed by atoms with Gasteiger partial charge in [-0.1, -0.05) is 41.4 Å². The van der Waals surface area contributed by atoms with E-state index in [9.17, 15) is 14.4 Å². The number of amides is 4. The molecule has 0 atom stereocenters. The molecule has 2 N–H and O–H groups in total. The molecule has 2 heterocycles. The quantitative estimate of drug-likeness (QED) is 0.427. The van der Waals surface area contributed by atoms with Crippen molar-refractivity contribution in [1.29, 1.82) is 0 Å². The SMILES string of the molecule is Cc1ccc(NC(=O)CN2C(=O)NC(=Cc3ccc(-c4ccc(Cl)cc4)s3)C2=O)cc1. The average molecular weight is 452 g/mol. The van der Waals surface area contributed by atoms with Crippen molar-refractivity contribution in [1.82, 2.24) is 10.2 Å². The fraction of sp³-hybridized carbons (Fsp3) is 0.0870. The number of nitrogens with zero attached hydrogens (tertiary/aromatic N) is 1. The monoisotopic (exact) mass is 451 g/mol. The maximum atomic E-state index is 12.7. The van der Waals surface area contributed by atoms with E-state index in [-0.39, 0.29) is 12.2 Å². The van der Waals surface area contributed by atoms with E-state index in [2.05, 4.69) is 10.6 Å². The molecule has 3 aromatic rings. The Morgan fingerprint density at radius 1 is 1.06 bits per heavy atom. The van der Waals surface area contributed by atoms with E-state index in [4.69, 9.17) is 11.6 Å². The van der Waals surface area contributed by atoms with Crippen LogP contribution in [0.25, 0.3) is 16.5 Å². The van der Waals surface area contributed by atoms with E-state index < -0.39 is 17.8 Å². The maximum absolute atomic E-state index is 12.7. The van der Waals surface area contributed by atoms with Crippen LogP contribution in [0.4, 0.5) is 10.5 Å². The highest BCUT2D eigenvalue weighted by atomic mass is 35.5. The Morgan fingerprint density at radius 2 is 1.77 bits per heavy atom. The van der Waals surface area contributed by atoms with Crippen LogP contribution in [0, 0.1) is 6.92 Å². The van der Waals surface area contributed by atoms with Gasteiger partial charge in [0.15, 0.2) is 0 Å². The molecular weight excluding hydrogens is 434 g/mol. The van der Waals surface area contributed by atoms with Gasteiger partial charge in [-0.05, 0) is 55.0 Å². The summed E-state index contributed by atoms with van der Waals surface area (Å²) in [7, 11) is 0. The van der Waals surface area contributed by atoms with Gasteiger partial charge in [-0.25, -0.2) is 9.69 Å². The van der Waals surface area contributed by atoms with Crippen LogP contribution >= 0.6 is 22.9 Å². The number of hydrogen-bond donors (Lipinski definition) is 2. The third-order valence-corrected chi connectivity index (χ3v) is 5.97. The van der Waals surface area contributed by atoms with Gasteiger partial charge < -0.3 is 10.6 Å². The van der Waals surface area contributed by atoms with Gasteiger partial charge in [-0.15, -0.1) is 11.3 Å². The van der Waals surface area contributed by atoms with Crippen LogP contribution in [-0.2, 0) is 9.59 Å². The Balaban J connectivity index is 1.44. The molecule has 1 aromatic heterocycles. The fourth-order valence-corrected chi connectivity index (χ4v) is 4.12. The molecule has 156 valence electrons. The summed E-state index contributed by atoms with van der Waals surface area (Å²) in [5.41, 5.74) is 2.81. The molecule has 0 saturated carbocycles. The molecule has 0 radical (unpaired) electrons. The van der Waals surface area contributed by atoms with E-state index in [0.29, 0.717) is 10.7 Å². The van der Waals surface area contributed by atoms with Crippen molar-refractivity contribution in [2.75, 3.05) is 11.9 Å². The smallest absolute Gasteiger partial charge is 0.325 e. The largest absolute Gasteiger partial charge is 0.329 e. The summed E-state index contributed by atoms with van der Waals surface area (Å²) < 4.78 is 0. The summed E-state index contributed by atoms with van der Waals surface area (Å²) in [5.74, 6) is -0.986. The summed E-state index contributed by atoms with van der Waals surface area (Å²) in [4.78, 5) is 39.9. The second kappa shape index (κ2) is 8.75. The lowest BCUT2D eigenvalue weighted by molar-refractivity contribution is -0.127. The van der Waals surface area contributed by atoms with Gasteiger partial charge in [-0.3, -0.25) is 9.59 Å². The molecule has 0 bridgehead atoms. The number of carbonyl (C=O) groups excluding carboxylic acids is 3. The molecule has 4 amide bonds. The van der Waals surface area contributed by atoms with Crippen molar-refractivity contribution in [3.63, 3.8) is 0 Å². The molecule has 4 rings (SSSR count). The summed E-state index contributed by atoms with van der Waals surface area (Å²) in [6, 6.07) is 17.9. The summed E-state index contributed by atoms with van der Waals surface area (Å²) >= 11 is 7.41. The number of imide groups is 1. The topological polar surface area (TPSA) is 78.5 Å². The van der Waals surface area contributed by atoms with Crippen molar-refractivity contribution in [2.24, 2.45) is 0 Å². The molecule has 1 fully saturated rings. The van der Waals surface area contributed by atoms with Gasteiger partial charge >= 0.3 is 6.03 Å². The van der Waals surface area contributed by atoms with E-state index in [0.717, 1.165) is 25.8 Å². The highest BCUT2D eigenvalue weighted by Crippen LogP contribution is 2.30. The van der Waals surface area contributed by atoms with E-state index in [1.807, 2.05) is 55.5 Å². The molecular formula is C23H18ClN3O3S. The third-order valence-electron chi connectivity index (χ3n) is 4.64. The molecule has 1 aliphatic rings. The van der Waals surface area contributed by atoms with Crippen molar-refractivity contribution >= 4 is 52.5 Å². The maximum Gasteiger partial charge on any atom is 0.329 e. The Labute approximate surface area is 188 Å². The van der Waals surface area contributed by atoms with E-state index >= 15 is 0 Å². The Bertz CT molecular complexity index is 1180. The molecule has 2 aromatic carbocycles. The zero-order valence-electron chi connectivity index (χ0n) is 16.5. The minimum atomic E-state index is -0.621. The van der Waals surface area contributed by atoms with E-state index in [1.54, 1.807) is 18.2 Å². The Morgan fingerprint density at radius 3 is 2.48 bits per heavy atom. The fourth-order valence-electron chi connectivity index (χ4n) is 3.04. The number of urea groups is 1. The predicted octanol–water partition coefficient (Wildman–Crippen LogP) is 4.91. The Kier molecular flexibility index (Phi) is 5.88. The van der Waals surface area contributed by atoms with Crippen LogP contribution in [0.15, 0.2) is 66.4 Å². The minimum absolute atomic E-state index is 0.137. The zero-order valence-corrected chi connectivity index (χ0v) is 18.1. The Hall–Kier alpha value is -3.42. The normalized spacial score (nSPS) is 14.8. The van der Waals surface area contributed by atoms with Crippen LogP contribution in [0.2, 0.25) is 5.02 Å². The zero-order chi connectivity index (χ0) is 22.0. The molecule has 0 spiro atoms. The molecule has 0 unspecified atom stereocenters. The first kappa shape index (κ1) is 20.8. The number of carbonyl (C=O) groups is 3. The first-order chi connectivity index (χ1) is 14.9. The molecule has 0 aliphatic carbocycles. The summed E-state index contributed by atoms with van der Waals surface area (Å²) in [5, 5.41) is 5.89. The number of anilines is 1. The van der Waals surface area contributed by atoms with Crippen molar-refractivity contribution in [2.45, 2.75) is 6.92 Å². The lowest BCUT2D eigenvalue weighted by Crippen LogP contribution is -2.38. The molecule has 8 heteroatoms. The van der Waals surface area contributed by atoms with Crippen LogP contribution in [0.5, 0.6) is 0 Å². The lowest BCUT2D eigenvalue weighted by atomic mass is 10.2. The van der Waals surface area contributed by atoms with Gasteiger partial charge in [0, 0.05) is 20.5 Å². The molecule has 31 heavy (non-hydrogen) atoms. The summed E-state index contributed by atoms with van der Waals surface area (Å²) in [6.07, 6.45) is 1.61. The highest BCUT2D eigenvalue weighted by Gasteiger charge is 2.35. The van der Waals surface area contributed by atoms with Gasteiger partial charge in [0.2, 0.25) is 5.91 Å². The number of nitrogens with one attached hydrogen (secondary N) is 2. The first-order valence-electron chi connectivity index (χ1n) is 9.46. The van der Waals surface area contributed by atoms with Crippen molar-refractivity contribution in [3.05, 3.63) is 81.8 Å². The number of aryl methyl sites for hydroxylation is 1. The number of benzene rings is 2. The third kappa shape index (κ3) is 4.84. The van der Waals surface area contributed by atoms with Crippen molar-refractivity contribution < 1.29 is 14.4 Å². The highest BCUT2D eigenvalue weighted by molar-refractivity contribution is 7.16. The number of halogens is 1. The van der Waals surface area contributed by atoms with Gasteiger partial charge in [0.25, 0.3) is 5.91 Å². The molecule has 6 nitrogen and oxygen atoms in total.